The van der Waals surface area contributed by atoms with Crippen LogP contribution in [0, 0.1) is 0 Å². The number of rotatable bonds is 57. The van der Waals surface area contributed by atoms with E-state index in [2.05, 4.69) is 123 Å². The van der Waals surface area contributed by atoms with E-state index in [0.717, 1.165) is 103 Å². The Labute approximate surface area is 487 Å². The SMILES string of the molecule is CC/C=C\C/C=C\C/C=C\C/C=C\C/C=C\C/C=C\CCCCC(=O)NC(COP(=O)([O-])OCC[N+](C)(C)C)C(/C=C/CCCCCCCCCCC)OC(=O)CCCCCCCCCCCCC/C=C\C/C=C\CCCCC. The van der Waals surface area contributed by atoms with Crippen molar-refractivity contribution in [3.05, 3.63) is 109 Å². The summed E-state index contributed by atoms with van der Waals surface area (Å²) in [6, 6.07) is -0.919. The fraction of sp³-hybridized carbons (Fsp3) is 0.710. The van der Waals surface area contributed by atoms with E-state index in [4.69, 9.17) is 13.8 Å². The molecule has 0 rings (SSSR count). The standard InChI is InChI=1S/C69H121N2O7P/c1-7-10-13-16-19-22-25-27-29-31-33-35-37-39-41-43-46-49-52-55-58-61-68(72)70-66(65-77-79(74,75)76-64-63-71(4,5)6)67(60-57-54-51-48-45-24-21-18-15-12-9-3)78-69(73)62-59-56-53-50-47-44-42-40-38-36-34-32-30-28-26-23-20-17-14-11-8-2/h10,13,19-20,22-23,27-30,33,35,39,41,46,49,57,60,66-67H,7-9,11-12,14-18,21,24-26,31-32,34,36-38,40,42-45,47-48,50-56,58-59,61-65H2,1-6H3,(H-,70,72,74,75)/b13-10-,22-19-,23-20-,29-27-,30-28-,35-33-,41-39-,49-46-,60-57+. The summed E-state index contributed by atoms with van der Waals surface area (Å²) in [5, 5.41) is 3.00. The first kappa shape index (κ1) is 75.7. The zero-order chi connectivity index (χ0) is 57.9. The number of nitrogens with one attached hydrogen (secondary N) is 1. The molecule has 10 heteroatoms. The summed E-state index contributed by atoms with van der Waals surface area (Å²) < 4.78 is 30.3. The monoisotopic (exact) mass is 1120 g/mol. The molecule has 3 atom stereocenters. The molecule has 0 aromatic rings. The number of phosphoric acid groups is 1. The third kappa shape index (κ3) is 59.1. The van der Waals surface area contributed by atoms with Gasteiger partial charge in [-0.2, -0.15) is 0 Å². The second kappa shape index (κ2) is 57.9. The number of likely N-dealkylation sites (N-methyl/N-ethyl adjacent to an activating group) is 1. The van der Waals surface area contributed by atoms with E-state index in [9.17, 15) is 19.0 Å². The number of quaternary nitrogens is 1. The van der Waals surface area contributed by atoms with Gasteiger partial charge in [-0.05, 0) is 115 Å². The van der Waals surface area contributed by atoms with Gasteiger partial charge in [-0.3, -0.25) is 14.2 Å². The molecule has 0 aromatic carbocycles. The number of ether oxygens (including phenoxy) is 1. The molecule has 0 radical (unpaired) electrons. The molecule has 3 unspecified atom stereocenters. The molecule has 0 saturated heterocycles. The van der Waals surface area contributed by atoms with Gasteiger partial charge in [-0.25, -0.2) is 0 Å². The summed E-state index contributed by atoms with van der Waals surface area (Å²) in [4.78, 5) is 40.0. The van der Waals surface area contributed by atoms with E-state index in [1.54, 1.807) is 0 Å². The van der Waals surface area contributed by atoms with Crippen LogP contribution in [0.25, 0.3) is 0 Å². The van der Waals surface area contributed by atoms with E-state index in [0.29, 0.717) is 17.4 Å². The zero-order valence-corrected chi connectivity index (χ0v) is 52.7. The Hall–Kier alpha value is -3.33. The highest BCUT2D eigenvalue weighted by molar-refractivity contribution is 7.45. The lowest BCUT2D eigenvalue weighted by molar-refractivity contribution is -0.870. The lowest BCUT2D eigenvalue weighted by Crippen LogP contribution is -2.47. The predicted molar refractivity (Wildman–Crippen MR) is 339 cm³/mol. The second-order valence-corrected chi connectivity index (χ2v) is 23.9. The van der Waals surface area contributed by atoms with Crippen molar-refractivity contribution in [2.24, 2.45) is 0 Å². The number of hydrogen-bond acceptors (Lipinski definition) is 7. The summed E-state index contributed by atoms with van der Waals surface area (Å²) in [5.74, 6) is -0.598. The first-order valence-corrected chi connectivity index (χ1v) is 33.7. The van der Waals surface area contributed by atoms with Crippen molar-refractivity contribution >= 4 is 19.7 Å². The number of amides is 1. The third-order valence-corrected chi connectivity index (χ3v) is 14.7. The zero-order valence-electron chi connectivity index (χ0n) is 51.8. The highest BCUT2D eigenvalue weighted by Gasteiger charge is 2.27. The average molecular weight is 1120 g/mol. The molecular weight excluding hydrogens is 1000 g/mol. The van der Waals surface area contributed by atoms with Gasteiger partial charge in [0.1, 0.15) is 19.3 Å². The van der Waals surface area contributed by atoms with Crippen LogP contribution in [-0.2, 0) is 27.9 Å². The summed E-state index contributed by atoms with van der Waals surface area (Å²) in [7, 11) is 1.14. The van der Waals surface area contributed by atoms with Crippen molar-refractivity contribution in [2.45, 2.75) is 277 Å². The highest BCUT2D eigenvalue weighted by Crippen LogP contribution is 2.38. The van der Waals surface area contributed by atoms with E-state index in [-0.39, 0.29) is 31.3 Å². The van der Waals surface area contributed by atoms with E-state index in [1.807, 2.05) is 33.3 Å². The Balaban J connectivity index is 5.25. The Morgan fingerprint density at radius 3 is 1.25 bits per heavy atom. The summed E-state index contributed by atoms with van der Waals surface area (Å²) >= 11 is 0. The van der Waals surface area contributed by atoms with Crippen LogP contribution >= 0.6 is 7.82 Å². The lowest BCUT2D eigenvalue weighted by atomic mass is 10.0. The van der Waals surface area contributed by atoms with Gasteiger partial charge in [0.2, 0.25) is 5.91 Å². The smallest absolute Gasteiger partial charge is 0.306 e. The number of esters is 1. The summed E-state index contributed by atoms with van der Waals surface area (Å²) in [6.07, 6.45) is 79.2. The van der Waals surface area contributed by atoms with Crippen molar-refractivity contribution < 1.29 is 37.3 Å². The molecule has 0 aliphatic heterocycles. The molecule has 0 heterocycles. The molecule has 454 valence electrons. The first-order valence-electron chi connectivity index (χ1n) is 32.2. The van der Waals surface area contributed by atoms with E-state index in [1.165, 1.54) is 122 Å². The van der Waals surface area contributed by atoms with Gasteiger partial charge >= 0.3 is 5.97 Å². The number of allylic oxidation sites excluding steroid dienone is 17. The van der Waals surface area contributed by atoms with E-state index < -0.39 is 26.6 Å². The van der Waals surface area contributed by atoms with Crippen molar-refractivity contribution in [1.82, 2.24) is 5.32 Å². The molecule has 9 nitrogen and oxygen atoms in total. The summed E-state index contributed by atoms with van der Waals surface area (Å²) in [5.41, 5.74) is 0. The Morgan fingerprint density at radius 1 is 0.456 bits per heavy atom. The molecule has 79 heavy (non-hydrogen) atoms. The topological polar surface area (TPSA) is 114 Å². The van der Waals surface area contributed by atoms with Gasteiger partial charge in [-0.1, -0.05) is 246 Å². The molecule has 0 saturated carbocycles. The van der Waals surface area contributed by atoms with Crippen molar-refractivity contribution in [3.8, 4) is 0 Å². The van der Waals surface area contributed by atoms with Gasteiger partial charge in [-0.15, -0.1) is 0 Å². The van der Waals surface area contributed by atoms with Crippen molar-refractivity contribution in [3.63, 3.8) is 0 Å². The predicted octanol–water partition coefficient (Wildman–Crippen LogP) is 19.5. The number of unbranched alkanes of at least 4 members (excludes halogenated alkanes) is 25. The Kier molecular flexibility index (Phi) is 55.4. The second-order valence-electron chi connectivity index (χ2n) is 22.5. The number of hydrogen-bond donors (Lipinski definition) is 1. The number of phosphoric ester groups is 1. The molecule has 0 aliphatic rings. The van der Waals surface area contributed by atoms with Gasteiger partial charge < -0.3 is 28.5 Å². The molecule has 0 fully saturated rings. The maximum atomic E-state index is 13.5. The van der Waals surface area contributed by atoms with Gasteiger partial charge in [0, 0.05) is 12.8 Å². The Bertz CT molecular complexity index is 1720. The van der Waals surface area contributed by atoms with Crippen LogP contribution in [0.1, 0.15) is 265 Å². The lowest BCUT2D eigenvalue weighted by Gasteiger charge is -2.30. The maximum absolute atomic E-state index is 13.5. The number of nitrogens with zero attached hydrogens (tertiary/aromatic N) is 1. The minimum Gasteiger partial charge on any atom is -0.756 e. The van der Waals surface area contributed by atoms with Crippen LogP contribution in [-0.4, -0.2) is 69.4 Å². The Morgan fingerprint density at radius 2 is 0.810 bits per heavy atom. The quantitative estimate of drug-likeness (QED) is 0.0212. The largest absolute Gasteiger partial charge is 0.756 e. The normalized spacial score (nSPS) is 14.4. The van der Waals surface area contributed by atoms with Crippen LogP contribution in [0.2, 0.25) is 0 Å². The van der Waals surface area contributed by atoms with Crippen molar-refractivity contribution in [2.75, 3.05) is 40.9 Å². The number of carbonyl (C=O) groups excluding carboxylic acids is 2. The molecule has 0 aliphatic carbocycles. The highest BCUT2D eigenvalue weighted by atomic mass is 31.2. The molecular formula is C69H121N2O7P. The average Bonchev–Trinajstić information content (AvgIpc) is 3.41. The van der Waals surface area contributed by atoms with Gasteiger partial charge in [0.25, 0.3) is 7.82 Å². The third-order valence-electron chi connectivity index (χ3n) is 13.7. The van der Waals surface area contributed by atoms with Crippen LogP contribution < -0.4 is 10.2 Å². The maximum Gasteiger partial charge on any atom is 0.306 e. The fourth-order valence-electron chi connectivity index (χ4n) is 8.73. The molecule has 0 bridgehead atoms. The molecule has 0 aromatic heterocycles. The van der Waals surface area contributed by atoms with Crippen LogP contribution in [0.15, 0.2) is 109 Å². The van der Waals surface area contributed by atoms with Crippen LogP contribution in [0.5, 0.6) is 0 Å². The molecule has 0 spiro atoms. The minimum atomic E-state index is -4.72. The molecule has 1 amide bonds. The first-order chi connectivity index (χ1) is 38.4. The van der Waals surface area contributed by atoms with E-state index >= 15 is 0 Å². The fourth-order valence-corrected chi connectivity index (χ4v) is 9.45. The molecule has 1 N–H and O–H groups in total. The van der Waals surface area contributed by atoms with Gasteiger partial charge in [0.05, 0.1) is 33.8 Å². The van der Waals surface area contributed by atoms with Crippen molar-refractivity contribution in [1.29, 1.82) is 0 Å². The van der Waals surface area contributed by atoms with Crippen LogP contribution in [0.3, 0.4) is 0 Å². The van der Waals surface area contributed by atoms with Gasteiger partial charge in [0.15, 0.2) is 0 Å². The number of carbonyl (C=O) groups is 2. The summed E-state index contributed by atoms with van der Waals surface area (Å²) in [6.45, 7) is 6.66. The minimum absolute atomic E-state index is 0.0363. The van der Waals surface area contributed by atoms with Crippen LogP contribution in [0.4, 0.5) is 0 Å².